The average molecular weight is 388 g/mol. The third-order valence-corrected chi connectivity index (χ3v) is 5.47. The maximum Gasteiger partial charge on any atom is 0.272 e. The number of piperidine rings is 1. The molecule has 0 bridgehead atoms. The number of carbonyl (C=O) groups excluding carboxylic acids is 1. The van der Waals surface area contributed by atoms with Crippen LogP contribution in [-0.4, -0.2) is 47.9 Å². The van der Waals surface area contributed by atoms with Crippen molar-refractivity contribution >= 4 is 28.9 Å². The van der Waals surface area contributed by atoms with E-state index in [0.29, 0.717) is 49.9 Å². The summed E-state index contributed by atoms with van der Waals surface area (Å²) in [5.41, 5.74) is 3.10. The van der Waals surface area contributed by atoms with E-state index in [4.69, 9.17) is 21.1 Å². The summed E-state index contributed by atoms with van der Waals surface area (Å²) in [7, 11) is 0. The average Bonchev–Trinajstić information content (AvgIpc) is 3.13. The highest BCUT2D eigenvalue weighted by Gasteiger charge is 2.41. The molecule has 142 valence electrons. The normalized spacial score (nSPS) is 18.7. The first kappa shape index (κ1) is 18.2. The number of nitrogens with one attached hydrogen (secondary N) is 1. The van der Waals surface area contributed by atoms with E-state index in [0.717, 1.165) is 16.9 Å². The Bertz CT molecular complexity index is 842. The fourth-order valence-corrected chi connectivity index (χ4v) is 3.64. The lowest BCUT2D eigenvalue weighted by Gasteiger charge is -2.37. The molecule has 0 atom stereocenters. The number of benzene rings is 1. The number of rotatable bonds is 3. The molecule has 27 heavy (non-hydrogen) atoms. The minimum atomic E-state index is -0.488. The number of pyridine rings is 1. The number of aryl methyl sites for hydroxylation is 1. The molecule has 2 saturated heterocycles. The Morgan fingerprint density at radius 2 is 1.85 bits per heavy atom. The largest absolute Gasteiger partial charge is 0.355 e. The predicted molar refractivity (Wildman–Crippen MR) is 103 cm³/mol. The minimum absolute atomic E-state index is 0.0755. The second-order valence-corrected chi connectivity index (χ2v) is 7.33. The quantitative estimate of drug-likeness (QED) is 0.868. The second-order valence-electron chi connectivity index (χ2n) is 6.92. The molecule has 3 heterocycles. The number of halogens is 1. The van der Waals surface area contributed by atoms with Gasteiger partial charge in [0.1, 0.15) is 5.69 Å². The van der Waals surface area contributed by atoms with E-state index in [-0.39, 0.29) is 5.91 Å². The first-order valence-corrected chi connectivity index (χ1v) is 9.49. The molecule has 4 rings (SSSR count). The molecule has 0 aliphatic carbocycles. The van der Waals surface area contributed by atoms with Gasteiger partial charge in [0.15, 0.2) is 5.79 Å². The highest BCUT2D eigenvalue weighted by Crippen LogP contribution is 2.32. The van der Waals surface area contributed by atoms with Crippen LogP contribution >= 0.6 is 11.6 Å². The molecule has 1 aromatic heterocycles. The van der Waals surface area contributed by atoms with Crippen LogP contribution in [0.3, 0.4) is 0 Å². The van der Waals surface area contributed by atoms with Crippen molar-refractivity contribution in [2.24, 2.45) is 0 Å². The first-order valence-electron chi connectivity index (χ1n) is 9.11. The monoisotopic (exact) mass is 387 g/mol. The number of carbonyl (C=O) groups is 1. The summed E-state index contributed by atoms with van der Waals surface area (Å²) in [5.74, 6) is -0.563. The SMILES string of the molecule is Cc1ccc(Nc2ccnc(C(=O)N3CCC4(CC3)OCCO4)c2)cc1Cl. The molecule has 2 aliphatic rings. The number of aromatic nitrogens is 1. The number of likely N-dealkylation sites (tertiary alicyclic amines) is 1. The summed E-state index contributed by atoms with van der Waals surface area (Å²) >= 11 is 6.18. The maximum atomic E-state index is 12.8. The van der Waals surface area contributed by atoms with E-state index >= 15 is 0 Å². The molecule has 0 radical (unpaired) electrons. The summed E-state index contributed by atoms with van der Waals surface area (Å²) < 4.78 is 11.4. The van der Waals surface area contributed by atoms with Gasteiger partial charge in [-0.05, 0) is 36.8 Å². The van der Waals surface area contributed by atoms with Crippen molar-refractivity contribution in [2.45, 2.75) is 25.6 Å². The van der Waals surface area contributed by atoms with Gasteiger partial charge < -0.3 is 19.7 Å². The smallest absolute Gasteiger partial charge is 0.272 e. The third kappa shape index (κ3) is 3.93. The van der Waals surface area contributed by atoms with Crippen molar-refractivity contribution in [3.8, 4) is 0 Å². The number of nitrogens with zero attached hydrogens (tertiary/aromatic N) is 2. The van der Waals surface area contributed by atoms with Crippen molar-refractivity contribution in [1.82, 2.24) is 9.88 Å². The van der Waals surface area contributed by atoms with Crippen LogP contribution in [0, 0.1) is 6.92 Å². The lowest BCUT2D eigenvalue weighted by Crippen LogP contribution is -2.47. The first-order chi connectivity index (χ1) is 13.0. The minimum Gasteiger partial charge on any atom is -0.355 e. The van der Waals surface area contributed by atoms with Crippen LogP contribution in [-0.2, 0) is 9.47 Å². The van der Waals surface area contributed by atoms with E-state index in [1.807, 2.05) is 36.1 Å². The van der Waals surface area contributed by atoms with Crippen LogP contribution < -0.4 is 5.32 Å². The summed E-state index contributed by atoms with van der Waals surface area (Å²) in [4.78, 5) is 18.9. The zero-order valence-electron chi connectivity index (χ0n) is 15.2. The van der Waals surface area contributed by atoms with Gasteiger partial charge >= 0.3 is 0 Å². The van der Waals surface area contributed by atoms with Gasteiger partial charge in [-0.25, -0.2) is 0 Å². The Balaban J connectivity index is 1.44. The number of anilines is 2. The summed E-state index contributed by atoms with van der Waals surface area (Å²) in [6, 6.07) is 9.37. The van der Waals surface area contributed by atoms with Crippen LogP contribution in [0.2, 0.25) is 5.02 Å². The predicted octanol–water partition coefficient (Wildman–Crippen LogP) is 3.77. The van der Waals surface area contributed by atoms with Crippen molar-refractivity contribution < 1.29 is 14.3 Å². The van der Waals surface area contributed by atoms with E-state index in [1.165, 1.54) is 0 Å². The molecule has 0 saturated carbocycles. The molecule has 7 heteroatoms. The van der Waals surface area contributed by atoms with Gasteiger partial charge in [-0.15, -0.1) is 0 Å². The Hall–Kier alpha value is -2.15. The molecule has 0 unspecified atom stereocenters. The molecule has 2 aromatic rings. The zero-order valence-corrected chi connectivity index (χ0v) is 16.0. The fourth-order valence-electron chi connectivity index (χ4n) is 3.46. The molecule has 6 nitrogen and oxygen atoms in total. The highest BCUT2D eigenvalue weighted by atomic mass is 35.5. The topological polar surface area (TPSA) is 63.7 Å². The van der Waals surface area contributed by atoms with Crippen molar-refractivity contribution in [1.29, 1.82) is 0 Å². The summed E-state index contributed by atoms with van der Waals surface area (Å²) in [6.45, 7) is 4.43. The Kier molecular flexibility index (Phi) is 5.04. The van der Waals surface area contributed by atoms with Gasteiger partial charge in [-0.3, -0.25) is 9.78 Å². The Morgan fingerprint density at radius 3 is 2.56 bits per heavy atom. The van der Waals surface area contributed by atoms with E-state index in [9.17, 15) is 4.79 Å². The van der Waals surface area contributed by atoms with Crippen molar-refractivity contribution in [2.75, 3.05) is 31.6 Å². The fraction of sp³-hybridized carbons (Fsp3) is 0.400. The molecule has 1 aromatic carbocycles. The summed E-state index contributed by atoms with van der Waals surface area (Å²) in [6.07, 6.45) is 3.02. The van der Waals surface area contributed by atoms with Gasteiger partial charge in [0.05, 0.1) is 13.2 Å². The number of ether oxygens (including phenoxy) is 2. The van der Waals surface area contributed by atoms with Crippen molar-refractivity contribution in [3.05, 3.63) is 52.8 Å². The lowest BCUT2D eigenvalue weighted by atomic mass is 10.0. The van der Waals surface area contributed by atoms with Gasteiger partial charge in [-0.2, -0.15) is 0 Å². The standard InChI is InChI=1S/C20H22ClN3O3/c1-14-2-3-15(12-17(14)21)23-16-4-7-22-18(13-16)19(25)24-8-5-20(6-9-24)26-10-11-27-20/h2-4,7,12-13H,5-6,8-11H2,1H3,(H,22,23). The molecule has 2 aliphatic heterocycles. The van der Waals surface area contributed by atoms with E-state index in [1.54, 1.807) is 12.3 Å². The van der Waals surface area contributed by atoms with Crippen LogP contribution in [0.1, 0.15) is 28.9 Å². The Labute approximate surface area is 163 Å². The molecule has 2 fully saturated rings. The summed E-state index contributed by atoms with van der Waals surface area (Å²) in [5, 5.41) is 3.97. The molecular formula is C20H22ClN3O3. The molecule has 1 N–H and O–H groups in total. The lowest BCUT2D eigenvalue weighted by molar-refractivity contribution is -0.181. The number of hydrogen-bond acceptors (Lipinski definition) is 5. The zero-order chi connectivity index (χ0) is 18.9. The molecule has 1 amide bonds. The Morgan fingerprint density at radius 1 is 1.15 bits per heavy atom. The van der Waals surface area contributed by atoms with Crippen LogP contribution in [0.4, 0.5) is 11.4 Å². The van der Waals surface area contributed by atoms with Gasteiger partial charge in [0.25, 0.3) is 5.91 Å². The van der Waals surface area contributed by atoms with Gasteiger partial charge in [0, 0.05) is 48.5 Å². The highest BCUT2D eigenvalue weighted by molar-refractivity contribution is 6.31. The second kappa shape index (κ2) is 7.46. The van der Waals surface area contributed by atoms with Crippen molar-refractivity contribution in [3.63, 3.8) is 0 Å². The molecular weight excluding hydrogens is 366 g/mol. The molecule has 1 spiro atoms. The van der Waals surface area contributed by atoms with Gasteiger partial charge in [-0.1, -0.05) is 17.7 Å². The number of hydrogen-bond donors (Lipinski definition) is 1. The van der Waals surface area contributed by atoms with Crippen LogP contribution in [0.25, 0.3) is 0 Å². The van der Waals surface area contributed by atoms with Crippen LogP contribution in [0.15, 0.2) is 36.5 Å². The van der Waals surface area contributed by atoms with E-state index < -0.39 is 5.79 Å². The maximum absolute atomic E-state index is 12.8. The number of amides is 1. The third-order valence-electron chi connectivity index (χ3n) is 5.07. The van der Waals surface area contributed by atoms with Gasteiger partial charge in [0.2, 0.25) is 0 Å². The van der Waals surface area contributed by atoms with Crippen LogP contribution in [0.5, 0.6) is 0 Å². The van der Waals surface area contributed by atoms with E-state index in [2.05, 4.69) is 10.3 Å².